The summed E-state index contributed by atoms with van der Waals surface area (Å²) >= 11 is 0. The molecular weight excluding hydrogens is 320 g/mol. The van der Waals surface area contributed by atoms with E-state index in [1.807, 2.05) is 18.2 Å². The molecule has 1 N–H and O–H groups in total. The smallest absolute Gasteiger partial charge is 0.407 e. The maximum atomic E-state index is 13.4. The van der Waals surface area contributed by atoms with Gasteiger partial charge in [-0.3, -0.25) is 4.79 Å². The van der Waals surface area contributed by atoms with Gasteiger partial charge in [-0.05, 0) is 24.3 Å². The van der Waals surface area contributed by atoms with Gasteiger partial charge in [0.25, 0.3) is 0 Å². The van der Waals surface area contributed by atoms with E-state index in [0.717, 1.165) is 5.56 Å². The summed E-state index contributed by atoms with van der Waals surface area (Å²) in [4.78, 5) is 23.4. The summed E-state index contributed by atoms with van der Waals surface area (Å²) in [5, 5.41) is 2.54. The number of carbonyl (C=O) groups excluding carboxylic acids is 2. The Morgan fingerprint density at radius 1 is 1.21 bits per heavy atom. The summed E-state index contributed by atoms with van der Waals surface area (Å²) in [6, 6.07) is 8.36. The molecular formula is C17H21F2NO4. The Balaban J connectivity index is 1.91. The average Bonchev–Trinajstić information content (AvgIpc) is 2.92. The molecule has 24 heavy (non-hydrogen) atoms. The molecule has 1 aliphatic carbocycles. The number of halogens is 2. The van der Waals surface area contributed by atoms with E-state index in [1.54, 1.807) is 12.1 Å². The lowest BCUT2D eigenvalue weighted by Crippen LogP contribution is -2.41. The van der Waals surface area contributed by atoms with Crippen LogP contribution in [0, 0.1) is 5.92 Å². The van der Waals surface area contributed by atoms with E-state index >= 15 is 0 Å². The fourth-order valence-electron chi connectivity index (χ4n) is 2.81. The van der Waals surface area contributed by atoms with Crippen LogP contribution >= 0.6 is 0 Å². The van der Waals surface area contributed by atoms with Gasteiger partial charge in [0.15, 0.2) is 0 Å². The maximum Gasteiger partial charge on any atom is 0.407 e. The molecule has 1 fully saturated rings. The van der Waals surface area contributed by atoms with Crippen molar-refractivity contribution >= 4 is 12.1 Å². The third-order valence-corrected chi connectivity index (χ3v) is 4.15. The lowest BCUT2D eigenvalue weighted by molar-refractivity contribution is -0.141. The van der Waals surface area contributed by atoms with Crippen LogP contribution in [0.1, 0.15) is 24.8 Å². The highest BCUT2D eigenvalue weighted by molar-refractivity contribution is 5.72. The van der Waals surface area contributed by atoms with Crippen molar-refractivity contribution in [2.45, 2.75) is 44.3 Å². The van der Waals surface area contributed by atoms with Crippen LogP contribution in [0.3, 0.4) is 0 Å². The second kappa shape index (κ2) is 8.61. The number of benzene rings is 1. The number of esters is 1. The van der Waals surface area contributed by atoms with Gasteiger partial charge in [0, 0.05) is 6.04 Å². The number of amides is 1. The fraction of sp³-hybridized carbons (Fsp3) is 0.529. The zero-order valence-electron chi connectivity index (χ0n) is 13.4. The number of hydrogen-bond acceptors (Lipinski definition) is 4. The third kappa shape index (κ3) is 5.18. The van der Waals surface area contributed by atoms with Crippen LogP contribution in [0.2, 0.25) is 0 Å². The Bertz CT molecular complexity index is 545. The molecule has 0 spiro atoms. The summed E-state index contributed by atoms with van der Waals surface area (Å²) < 4.78 is 36.5. The van der Waals surface area contributed by atoms with Crippen molar-refractivity contribution in [3.63, 3.8) is 0 Å². The van der Waals surface area contributed by atoms with Gasteiger partial charge in [0.2, 0.25) is 0 Å². The molecule has 1 aliphatic rings. The largest absolute Gasteiger partial charge is 0.469 e. The summed E-state index contributed by atoms with van der Waals surface area (Å²) in [6.45, 7) is 0.0692. The second-order valence-electron chi connectivity index (χ2n) is 5.86. The van der Waals surface area contributed by atoms with E-state index < -0.39 is 36.4 Å². The number of methoxy groups -OCH3 is 1. The van der Waals surface area contributed by atoms with Crippen molar-refractivity contribution in [3.8, 4) is 0 Å². The van der Waals surface area contributed by atoms with E-state index in [2.05, 4.69) is 10.1 Å². The van der Waals surface area contributed by atoms with Crippen molar-refractivity contribution < 1.29 is 27.8 Å². The lowest BCUT2D eigenvalue weighted by atomic mass is 9.95. The number of carbonyl (C=O) groups is 2. The summed E-state index contributed by atoms with van der Waals surface area (Å²) in [6.07, 6.45) is -4.11. The first-order valence-electron chi connectivity index (χ1n) is 7.81. The minimum atomic E-state index is -1.57. The maximum absolute atomic E-state index is 13.4. The van der Waals surface area contributed by atoms with Gasteiger partial charge in [0.1, 0.15) is 19.0 Å². The highest BCUT2D eigenvalue weighted by Crippen LogP contribution is 2.34. The van der Waals surface area contributed by atoms with Crippen molar-refractivity contribution in [3.05, 3.63) is 35.9 Å². The monoisotopic (exact) mass is 341 g/mol. The van der Waals surface area contributed by atoms with Gasteiger partial charge < -0.3 is 14.8 Å². The Labute approximate surface area is 139 Å². The van der Waals surface area contributed by atoms with Crippen LogP contribution in [-0.2, 0) is 20.9 Å². The Kier molecular flexibility index (Phi) is 6.52. The quantitative estimate of drug-likeness (QED) is 0.808. The van der Waals surface area contributed by atoms with E-state index in [4.69, 9.17) is 4.74 Å². The van der Waals surface area contributed by atoms with Crippen LogP contribution in [0.25, 0.3) is 0 Å². The van der Waals surface area contributed by atoms with Crippen LogP contribution in [0.5, 0.6) is 0 Å². The molecule has 1 aromatic carbocycles. The molecule has 2 rings (SSSR count). The van der Waals surface area contributed by atoms with Gasteiger partial charge in [0.05, 0.1) is 13.5 Å². The van der Waals surface area contributed by atoms with Gasteiger partial charge in [-0.1, -0.05) is 30.3 Å². The molecule has 132 valence electrons. The minimum absolute atomic E-state index is 0.0399. The molecule has 0 aliphatic heterocycles. The first kappa shape index (κ1) is 18.2. The zero-order chi connectivity index (χ0) is 17.5. The van der Waals surface area contributed by atoms with Crippen LogP contribution in [0.15, 0.2) is 30.3 Å². The van der Waals surface area contributed by atoms with Crippen LogP contribution in [0.4, 0.5) is 13.6 Å². The number of ether oxygens (including phenoxy) is 2. The molecule has 0 aromatic heterocycles. The molecule has 7 heteroatoms. The summed E-state index contributed by atoms with van der Waals surface area (Å²) in [7, 11) is 1.22. The van der Waals surface area contributed by atoms with Gasteiger partial charge in [-0.25, -0.2) is 13.6 Å². The van der Waals surface area contributed by atoms with E-state index in [0.29, 0.717) is 0 Å². The molecule has 5 nitrogen and oxygen atoms in total. The van der Waals surface area contributed by atoms with Crippen molar-refractivity contribution in [2.24, 2.45) is 5.92 Å². The SMILES string of the molecule is COC(=O)C[C@H](NC(=O)OCc1ccccc1)C1C[C@H](F)[C@@H](F)C1. The van der Waals surface area contributed by atoms with Crippen molar-refractivity contribution in [2.75, 3.05) is 7.11 Å². The summed E-state index contributed by atoms with van der Waals surface area (Å²) in [5.41, 5.74) is 0.811. The summed E-state index contributed by atoms with van der Waals surface area (Å²) in [5.74, 6) is -1.03. The standard InChI is InChI=1S/C17H21F2NO4/c1-23-16(21)9-15(12-7-13(18)14(19)8-12)20-17(22)24-10-11-5-3-2-4-6-11/h2-6,12-15H,7-10H2,1H3,(H,20,22)/t13-,14-,15-/m0/s1. The molecule has 1 aromatic rings. The van der Waals surface area contributed by atoms with E-state index in [-0.39, 0.29) is 25.9 Å². The molecule has 0 heterocycles. The molecule has 0 radical (unpaired) electrons. The number of nitrogens with one attached hydrogen (secondary N) is 1. The van der Waals surface area contributed by atoms with Gasteiger partial charge in [-0.15, -0.1) is 0 Å². The first-order valence-corrected chi connectivity index (χ1v) is 7.81. The van der Waals surface area contributed by atoms with Crippen LogP contribution < -0.4 is 5.32 Å². The molecule has 1 saturated carbocycles. The highest BCUT2D eigenvalue weighted by Gasteiger charge is 2.40. The second-order valence-corrected chi connectivity index (χ2v) is 5.86. The van der Waals surface area contributed by atoms with E-state index in [1.165, 1.54) is 7.11 Å². The first-order chi connectivity index (χ1) is 11.5. The molecule has 3 atom stereocenters. The van der Waals surface area contributed by atoms with E-state index in [9.17, 15) is 18.4 Å². The molecule has 0 bridgehead atoms. The Morgan fingerprint density at radius 2 is 1.83 bits per heavy atom. The Morgan fingerprint density at radius 3 is 2.42 bits per heavy atom. The topological polar surface area (TPSA) is 64.6 Å². The van der Waals surface area contributed by atoms with Gasteiger partial charge in [-0.2, -0.15) is 0 Å². The number of rotatable bonds is 6. The normalized spacial score (nSPS) is 22.0. The minimum Gasteiger partial charge on any atom is -0.469 e. The van der Waals surface area contributed by atoms with Crippen molar-refractivity contribution in [1.82, 2.24) is 5.32 Å². The average molecular weight is 341 g/mol. The molecule has 0 unspecified atom stereocenters. The fourth-order valence-corrected chi connectivity index (χ4v) is 2.81. The predicted octanol–water partition coefficient (Wildman–Crippen LogP) is 2.93. The highest BCUT2D eigenvalue weighted by atomic mass is 19.2. The Hall–Kier alpha value is -2.18. The third-order valence-electron chi connectivity index (χ3n) is 4.15. The number of hydrogen-bond donors (Lipinski definition) is 1. The van der Waals surface area contributed by atoms with Crippen LogP contribution in [-0.4, -0.2) is 37.6 Å². The van der Waals surface area contributed by atoms with Crippen molar-refractivity contribution in [1.29, 1.82) is 0 Å². The predicted molar refractivity (Wildman–Crippen MR) is 82.7 cm³/mol. The molecule has 0 saturated heterocycles. The zero-order valence-corrected chi connectivity index (χ0v) is 13.4. The number of alkyl carbamates (subject to hydrolysis) is 1. The lowest BCUT2D eigenvalue weighted by Gasteiger charge is -2.23. The molecule has 1 amide bonds. The van der Waals surface area contributed by atoms with Gasteiger partial charge >= 0.3 is 12.1 Å². The number of alkyl halides is 2.